The van der Waals surface area contributed by atoms with Crippen LogP contribution in [-0.4, -0.2) is 13.0 Å². The van der Waals surface area contributed by atoms with Gasteiger partial charge in [-0.15, -0.1) is 0 Å². The van der Waals surface area contributed by atoms with Crippen molar-refractivity contribution >= 4 is 10.1 Å². The van der Waals surface area contributed by atoms with Crippen molar-refractivity contribution in [3.8, 4) is 0 Å². The van der Waals surface area contributed by atoms with Crippen LogP contribution in [0.4, 0.5) is 0 Å². The standard InChI is InChI=1S/C22H40O3S/c1-7-16(2)9-8-10-17(3)18(4)11-12-19(5)22-14-13-21(15-20(22)6)26(23,24)25/h13-20,22H,7-12H2,1-6H3,(H,23,24,25). The normalized spacial score (nSPS) is 25.4. The first kappa shape index (κ1) is 23.4. The fourth-order valence-electron chi connectivity index (χ4n) is 3.97. The molecule has 3 nitrogen and oxygen atoms in total. The molecule has 0 saturated carbocycles. The van der Waals surface area contributed by atoms with Crippen molar-refractivity contribution in [2.45, 2.75) is 80.1 Å². The number of hydrogen-bond donors (Lipinski definition) is 1. The molecule has 0 aliphatic heterocycles. The van der Waals surface area contributed by atoms with Crippen molar-refractivity contribution in [1.82, 2.24) is 0 Å². The van der Waals surface area contributed by atoms with E-state index in [1.165, 1.54) is 32.1 Å². The van der Waals surface area contributed by atoms with Gasteiger partial charge < -0.3 is 0 Å². The van der Waals surface area contributed by atoms with E-state index in [1.807, 2.05) is 13.0 Å². The maximum atomic E-state index is 11.3. The lowest BCUT2D eigenvalue weighted by molar-refractivity contribution is 0.268. The van der Waals surface area contributed by atoms with Crippen LogP contribution in [-0.2, 0) is 10.1 Å². The van der Waals surface area contributed by atoms with Crippen LogP contribution in [0.3, 0.4) is 0 Å². The number of allylic oxidation sites excluding steroid dienone is 3. The van der Waals surface area contributed by atoms with E-state index >= 15 is 0 Å². The van der Waals surface area contributed by atoms with Crippen LogP contribution in [0.15, 0.2) is 23.1 Å². The highest BCUT2D eigenvalue weighted by Gasteiger charge is 2.26. The van der Waals surface area contributed by atoms with E-state index in [0.29, 0.717) is 11.8 Å². The fraction of sp³-hybridized carbons (Fsp3) is 0.818. The van der Waals surface area contributed by atoms with Gasteiger partial charge in [0.15, 0.2) is 0 Å². The minimum absolute atomic E-state index is 0.0387. The van der Waals surface area contributed by atoms with Crippen LogP contribution >= 0.6 is 0 Å². The quantitative estimate of drug-likeness (QED) is 0.414. The van der Waals surface area contributed by atoms with E-state index in [-0.39, 0.29) is 10.8 Å². The van der Waals surface area contributed by atoms with Gasteiger partial charge >= 0.3 is 0 Å². The van der Waals surface area contributed by atoms with Crippen LogP contribution in [0, 0.1) is 35.5 Å². The second-order valence-corrected chi connectivity index (χ2v) is 10.2. The van der Waals surface area contributed by atoms with Gasteiger partial charge in [-0.05, 0) is 48.0 Å². The van der Waals surface area contributed by atoms with E-state index in [2.05, 4.69) is 34.6 Å². The van der Waals surface area contributed by atoms with Gasteiger partial charge in [0, 0.05) is 0 Å². The molecule has 0 aromatic heterocycles. The number of hydrogen-bond acceptors (Lipinski definition) is 2. The monoisotopic (exact) mass is 384 g/mol. The van der Waals surface area contributed by atoms with Crippen molar-refractivity contribution in [2.24, 2.45) is 35.5 Å². The largest absolute Gasteiger partial charge is 0.294 e. The van der Waals surface area contributed by atoms with Crippen LogP contribution < -0.4 is 0 Å². The third-order valence-electron chi connectivity index (χ3n) is 6.57. The van der Waals surface area contributed by atoms with Crippen LogP contribution in [0.25, 0.3) is 0 Å². The topological polar surface area (TPSA) is 54.4 Å². The highest BCUT2D eigenvalue weighted by molar-refractivity contribution is 7.90. The second kappa shape index (κ2) is 10.7. The van der Waals surface area contributed by atoms with E-state index in [0.717, 1.165) is 24.2 Å². The number of rotatable bonds is 11. The van der Waals surface area contributed by atoms with Gasteiger partial charge in [-0.3, -0.25) is 4.55 Å². The minimum Gasteiger partial charge on any atom is -0.282 e. The van der Waals surface area contributed by atoms with Crippen molar-refractivity contribution in [2.75, 3.05) is 0 Å². The molecule has 0 aromatic carbocycles. The smallest absolute Gasteiger partial charge is 0.282 e. The van der Waals surface area contributed by atoms with Gasteiger partial charge in [-0.2, -0.15) is 8.42 Å². The van der Waals surface area contributed by atoms with Crippen molar-refractivity contribution in [1.29, 1.82) is 0 Å². The van der Waals surface area contributed by atoms with Crippen molar-refractivity contribution < 1.29 is 13.0 Å². The summed E-state index contributed by atoms with van der Waals surface area (Å²) in [5.41, 5.74) is 0. The molecule has 0 radical (unpaired) electrons. The molecule has 0 bridgehead atoms. The van der Waals surface area contributed by atoms with Gasteiger partial charge in [0.1, 0.15) is 0 Å². The Balaban J connectivity index is 2.43. The van der Waals surface area contributed by atoms with E-state index in [4.69, 9.17) is 0 Å². The summed E-state index contributed by atoms with van der Waals surface area (Å²) in [6.07, 6.45) is 12.9. The maximum absolute atomic E-state index is 11.3. The molecule has 0 saturated heterocycles. The van der Waals surface area contributed by atoms with Crippen molar-refractivity contribution in [3.63, 3.8) is 0 Å². The van der Waals surface area contributed by atoms with Crippen LogP contribution in [0.5, 0.6) is 0 Å². The van der Waals surface area contributed by atoms with Gasteiger partial charge in [-0.1, -0.05) is 85.8 Å². The van der Waals surface area contributed by atoms with E-state index in [9.17, 15) is 13.0 Å². The SMILES string of the molecule is CCC(C)CCCC(C)C(C)CCC(C)C1C=CC(S(=O)(=O)O)=CC1C. The molecule has 0 heterocycles. The van der Waals surface area contributed by atoms with E-state index < -0.39 is 10.1 Å². The Bertz CT molecular complexity index is 576. The highest BCUT2D eigenvalue weighted by Crippen LogP contribution is 2.34. The lowest BCUT2D eigenvalue weighted by atomic mass is 9.76. The van der Waals surface area contributed by atoms with Gasteiger partial charge in [0.25, 0.3) is 10.1 Å². The highest BCUT2D eigenvalue weighted by atomic mass is 32.2. The molecule has 26 heavy (non-hydrogen) atoms. The molecule has 1 aliphatic carbocycles. The molecule has 1 N–H and O–H groups in total. The predicted molar refractivity (Wildman–Crippen MR) is 111 cm³/mol. The van der Waals surface area contributed by atoms with Crippen molar-refractivity contribution in [3.05, 3.63) is 23.1 Å². The summed E-state index contributed by atoms with van der Waals surface area (Å²) in [7, 11) is -4.09. The zero-order chi connectivity index (χ0) is 19.9. The Labute approximate surface area is 162 Å². The summed E-state index contributed by atoms with van der Waals surface area (Å²) in [6, 6.07) is 0. The fourth-order valence-corrected chi connectivity index (χ4v) is 4.60. The summed E-state index contributed by atoms with van der Waals surface area (Å²) in [5, 5.41) is 0. The third-order valence-corrected chi connectivity index (χ3v) is 7.44. The van der Waals surface area contributed by atoms with Crippen LogP contribution in [0.2, 0.25) is 0 Å². The molecule has 1 rings (SSSR count). The molecule has 152 valence electrons. The molecule has 0 spiro atoms. The zero-order valence-corrected chi connectivity index (χ0v) is 18.4. The first-order valence-corrected chi connectivity index (χ1v) is 11.9. The molecule has 4 heteroatoms. The Morgan fingerprint density at radius 1 is 1.04 bits per heavy atom. The summed E-state index contributed by atoms with van der Waals surface area (Å²) in [6.45, 7) is 13.7. The average Bonchev–Trinajstić information content (AvgIpc) is 2.57. The van der Waals surface area contributed by atoms with Crippen LogP contribution in [0.1, 0.15) is 80.1 Å². The zero-order valence-electron chi connectivity index (χ0n) is 17.6. The molecule has 1 aliphatic rings. The summed E-state index contributed by atoms with van der Waals surface area (Å²) < 4.78 is 31.8. The molecule has 0 aromatic rings. The predicted octanol–water partition coefficient (Wildman–Crippen LogP) is 6.49. The molecule has 0 fully saturated rings. The molecular formula is C22H40O3S. The Morgan fingerprint density at radius 3 is 2.19 bits per heavy atom. The Morgan fingerprint density at radius 2 is 1.65 bits per heavy atom. The maximum Gasteiger partial charge on any atom is 0.294 e. The third kappa shape index (κ3) is 7.56. The minimum atomic E-state index is -4.09. The van der Waals surface area contributed by atoms with Gasteiger partial charge in [0.2, 0.25) is 0 Å². The lowest BCUT2D eigenvalue weighted by Gasteiger charge is -2.29. The second-order valence-electron chi connectivity index (χ2n) is 8.79. The van der Waals surface area contributed by atoms with E-state index in [1.54, 1.807) is 12.2 Å². The Kier molecular flexibility index (Phi) is 9.60. The average molecular weight is 385 g/mol. The first-order valence-electron chi connectivity index (χ1n) is 10.4. The van der Waals surface area contributed by atoms with Gasteiger partial charge in [0.05, 0.1) is 4.91 Å². The molecular weight excluding hydrogens is 344 g/mol. The van der Waals surface area contributed by atoms with Gasteiger partial charge in [-0.25, -0.2) is 0 Å². The first-order chi connectivity index (χ1) is 12.1. The molecule has 6 atom stereocenters. The summed E-state index contributed by atoms with van der Waals surface area (Å²) >= 11 is 0. The molecule has 6 unspecified atom stereocenters. The Hall–Kier alpha value is -0.610. The summed E-state index contributed by atoms with van der Waals surface area (Å²) in [5.74, 6) is 3.31. The summed E-state index contributed by atoms with van der Waals surface area (Å²) in [4.78, 5) is 0.0387. The molecule has 0 amide bonds. The lowest BCUT2D eigenvalue weighted by Crippen LogP contribution is -2.21.